The average molecular weight is 358 g/mol. The summed E-state index contributed by atoms with van der Waals surface area (Å²) in [6, 6.07) is 7.61. The molecule has 7 heteroatoms. The van der Waals surface area contributed by atoms with Crippen LogP contribution in [0.1, 0.15) is 13.3 Å². The number of hydrogen-bond donors (Lipinski definition) is 0. The summed E-state index contributed by atoms with van der Waals surface area (Å²) < 4.78 is 11.5. The number of aromatic nitrogens is 2. The van der Waals surface area contributed by atoms with Gasteiger partial charge in [0.2, 0.25) is 0 Å². The monoisotopic (exact) mass is 358 g/mol. The lowest BCUT2D eigenvalue weighted by atomic mass is 10.1. The molecule has 0 fully saturated rings. The third-order valence-electron chi connectivity index (χ3n) is 3.73. The molecule has 0 radical (unpaired) electrons. The van der Waals surface area contributed by atoms with Gasteiger partial charge in [0.15, 0.2) is 0 Å². The Labute approximate surface area is 148 Å². The van der Waals surface area contributed by atoms with E-state index in [1.165, 1.54) is 29.3 Å². The Kier molecular flexibility index (Phi) is 5.14. The first-order chi connectivity index (χ1) is 12.1. The van der Waals surface area contributed by atoms with E-state index in [9.17, 15) is 9.59 Å². The standard InChI is InChI=1S/C18H18N2O4S/c1-3-8-24-13-6-4-12(5-7-13)14-10-25-17-16(14)18(22)20(11-19-17)9-15(21)23-2/h4-7,10-11H,3,8-9H2,1-2H3. The van der Waals surface area contributed by atoms with Gasteiger partial charge in [-0.3, -0.25) is 14.2 Å². The van der Waals surface area contributed by atoms with Crippen LogP contribution in [0, 0.1) is 0 Å². The molecular weight excluding hydrogens is 340 g/mol. The highest BCUT2D eigenvalue weighted by molar-refractivity contribution is 7.17. The molecule has 0 spiro atoms. The lowest BCUT2D eigenvalue weighted by Gasteiger charge is -2.06. The van der Waals surface area contributed by atoms with Crippen LogP contribution in [-0.2, 0) is 16.1 Å². The number of benzene rings is 1. The van der Waals surface area contributed by atoms with Gasteiger partial charge in [-0.2, -0.15) is 0 Å². The van der Waals surface area contributed by atoms with Gasteiger partial charge in [0.1, 0.15) is 17.1 Å². The fraction of sp³-hybridized carbons (Fsp3) is 0.278. The molecule has 3 rings (SSSR count). The Balaban J connectivity index is 2.00. The Morgan fingerprint density at radius 2 is 2.04 bits per heavy atom. The topological polar surface area (TPSA) is 70.4 Å². The second-order valence-corrected chi connectivity index (χ2v) is 6.31. The number of methoxy groups -OCH3 is 1. The number of hydrogen-bond acceptors (Lipinski definition) is 6. The van der Waals surface area contributed by atoms with E-state index in [1.54, 1.807) is 0 Å². The molecule has 0 aliphatic rings. The number of carbonyl (C=O) groups is 1. The lowest BCUT2D eigenvalue weighted by Crippen LogP contribution is -2.25. The van der Waals surface area contributed by atoms with Crippen LogP contribution in [0.3, 0.4) is 0 Å². The summed E-state index contributed by atoms with van der Waals surface area (Å²) in [6.07, 6.45) is 2.33. The van der Waals surface area contributed by atoms with E-state index in [2.05, 4.69) is 16.6 Å². The minimum Gasteiger partial charge on any atom is -0.494 e. The van der Waals surface area contributed by atoms with Crippen molar-refractivity contribution in [2.24, 2.45) is 0 Å². The van der Waals surface area contributed by atoms with Gasteiger partial charge in [0, 0.05) is 10.9 Å². The lowest BCUT2D eigenvalue weighted by molar-refractivity contribution is -0.141. The van der Waals surface area contributed by atoms with E-state index in [4.69, 9.17) is 4.74 Å². The maximum atomic E-state index is 12.7. The summed E-state index contributed by atoms with van der Waals surface area (Å²) in [5.74, 6) is 0.309. The minimum absolute atomic E-state index is 0.155. The molecule has 0 aliphatic carbocycles. The zero-order valence-electron chi connectivity index (χ0n) is 14.0. The highest BCUT2D eigenvalue weighted by Crippen LogP contribution is 2.31. The van der Waals surface area contributed by atoms with Gasteiger partial charge in [-0.15, -0.1) is 11.3 Å². The van der Waals surface area contributed by atoms with Gasteiger partial charge < -0.3 is 9.47 Å². The van der Waals surface area contributed by atoms with Crippen molar-refractivity contribution in [3.63, 3.8) is 0 Å². The smallest absolute Gasteiger partial charge is 0.325 e. The first kappa shape index (κ1) is 17.2. The zero-order valence-corrected chi connectivity index (χ0v) is 14.8. The molecule has 0 saturated carbocycles. The van der Waals surface area contributed by atoms with Crippen LogP contribution in [0.4, 0.5) is 0 Å². The molecule has 2 aromatic heterocycles. The van der Waals surface area contributed by atoms with E-state index >= 15 is 0 Å². The molecule has 0 saturated heterocycles. The molecule has 130 valence electrons. The number of thiophene rings is 1. The number of fused-ring (bicyclic) bond motifs is 1. The van der Waals surface area contributed by atoms with Crippen molar-refractivity contribution in [1.29, 1.82) is 0 Å². The molecule has 0 bridgehead atoms. The normalized spacial score (nSPS) is 10.8. The first-order valence-electron chi connectivity index (χ1n) is 7.90. The molecule has 1 aromatic carbocycles. The van der Waals surface area contributed by atoms with Crippen LogP contribution < -0.4 is 10.3 Å². The average Bonchev–Trinajstić information content (AvgIpc) is 3.07. The van der Waals surface area contributed by atoms with Crippen LogP contribution in [0.2, 0.25) is 0 Å². The van der Waals surface area contributed by atoms with Crippen LogP contribution in [0.5, 0.6) is 5.75 Å². The summed E-state index contributed by atoms with van der Waals surface area (Å²) in [5.41, 5.74) is 1.46. The molecule has 25 heavy (non-hydrogen) atoms. The first-order valence-corrected chi connectivity index (χ1v) is 8.78. The molecule has 0 atom stereocenters. The Bertz CT molecular complexity index is 944. The second kappa shape index (κ2) is 7.48. The third kappa shape index (κ3) is 3.56. The highest BCUT2D eigenvalue weighted by atomic mass is 32.1. The third-order valence-corrected chi connectivity index (χ3v) is 4.61. The van der Waals surface area contributed by atoms with Gasteiger partial charge >= 0.3 is 5.97 Å². The maximum absolute atomic E-state index is 12.7. The van der Waals surface area contributed by atoms with Gasteiger partial charge in [-0.05, 0) is 24.1 Å². The van der Waals surface area contributed by atoms with Crippen molar-refractivity contribution in [1.82, 2.24) is 9.55 Å². The van der Waals surface area contributed by atoms with Crippen molar-refractivity contribution < 1.29 is 14.3 Å². The van der Waals surface area contributed by atoms with E-state index in [-0.39, 0.29) is 12.1 Å². The number of nitrogens with zero attached hydrogens (tertiary/aromatic N) is 2. The predicted octanol–water partition coefficient (Wildman–Crippen LogP) is 3.09. The molecular formula is C18H18N2O4S. The van der Waals surface area contributed by atoms with Gasteiger partial charge in [0.25, 0.3) is 5.56 Å². The number of ether oxygens (including phenoxy) is 2. The SMILES string of the molecule is CCCOc1ccc(-c2csc3ncn(CC(=O)OC)c(=O)c23)cc1. The van der Waals surface area contributed by atoms with Crippen molar-refractivity contribution >= 4 is 27.5 Å². The van der Waals surface area contributed by atoms with E-state index in [1.807, 2.05) is 29.6 Å². The fourth-order valence-corrected chi connectivity index (χ4v) is 3.35. The second-order valence-electron chi connectivity index (χ2n) is 5.46. The van der Waals surface area contributed by atoms with Crippen LogP contribution in [0.25, 0.3) is 21.3 Å². The highest BCUT2D eigenvalue weighted by Gasteiger charge is 2.14. The molecule has 6 nitrogen and oxygen atoms in total. The van der Waals surface area contributed by atoms with Crippen molar-refractivity contribution in [3.8, 4) is 16.9 Å². The molecule has 0 aliphatic heterocycles. The summed E-state index contributed by atoms with van der Waals surface area (Å²) in [5, 5.41) is 2.42. The fourth-order valence-electron chi connectivity index (χ4n) is 2.45. The molecule has 0 unspecified atom stereocenters. The molecule has 0 N–H and O–H groups in total. The van der Waals surface area contributed by atoms with Crippen molar-refractivity contribution in [2.75, 3.05) is 13.7 Å². The number of carbonyl (C=O) groups excluding carboxylic acids is 1. The summed E-state index contributed by atoms with van der Waals surface area (Å²) in [6.45, 7) is 2.57. The Hall–Kier alpha value is -2.67. The van der Waals surface area contributed by atoms with Crippen molar-refractivity contribution in [3.05, 3.63) is 46.3 Å². The zero-order chi connectivity index (χ0) is 17.8. The molecule has 3 aromatic rings. The van der Waals surface area contributed by atoms with Crippen LogP contribution >= 0.6 is 11.3 Å². The van der Waals surface area contributed by atoms with Gasteiger partial charge in [0.05, 0.1) is 25.4 Å². The van der Waals surface area contributed by atoms with E-state index in [0.717, 1.165) is 23.3 Å². The Morgan fingerprint density at radius 3 is 2.72 bits per heavy atom. The van der Waals surface area contributed by atoms with Crippen molar-refractivity contribution in [2.45, 2.75) is 19.9 Å². The number of esters is 1. The minimum atomic E-state index is -0.488. The molecule has 0 amide bonds. The summed E-state index contributed by atoms with van der Waals surface area (Å²) in [7, 11) is 1.29. The number of rotatable bonds is 6. The van der Waals surface area contributed by atoms with E-state index in [0.29, 0.717) is 16.8 Å². The molecule has 2 heterocycles. The van der Waals surface area contributed by atoms with Gasteiger partial charge in [-0.1, -0.05) is 19.1 Å². The quantitative estimate of drug-likeness (QED) is 0.633. The summed E-state index contributed by atoms with van der Waals surface area (Å²) >= 11 is 1.40. The van der Waals surface area contributed by atoms with Gasteiger partial charge in [-0.25, -0.2) is 4.98 Å². The largest absolute Gasteiger partial charge is 0.494 e. The van der Waals surface area contributed by atoms with E-state index < -0.39 is 5.97 Å². The van der Waals surface area contributed by atoms with Crippen LogP contribution in [0.15, 0.2) is 40.8 Å². The maximum Gasteiger partial charge on any atom is 0.325 e. The summed E-state index contributed by atoms with van der Waals surface area (Å²) in [4.78, 5) is 29.1. The Morgan fingerprint density at radius 1 is 1.28 bits per heavy atom. The predicted molar refractivity (Wildman–Crippen MR) is 97.1 cm³/mol. The van der Waals surface area contributed by atoms with Crippen LogP contribution in [-0.4, -0.2) is 29.2 Å².